The van der Waals surface area contributed by atoms with Gasteiger partial charge in [-0.15, -0.1) is 0 Å². The van der Waals surface area contributed by atoms with E-state index in [1.165, 1.54) is 0 Å². The van der Waals surface area contributed by atoms with Crippen molar-refractivity contribution in [3.05, 3.63) is 29.8 Å². The molecular formula is C17H24N2O4. The van der Waals surface area contributed by atoms with Gasteiger partial charge in [-0.3, -0.25) is 4.79 Å². The molecule has 23 heavy (non-hydrogen) atoms. The predicted molar refractivity (Wildman–Crippen MR) is 86.8 cm³/mol. The van der Waals surface area contributed by atoms with Crippen LogP contribution in [0.25, 0.3) is 0 Å². The van der Waals surface area contributed by atoms with Gasteiger partial charge in [-0.25, -0.2) is 0 Å². The minimum absolute atomic E-state index is 0.0102. The number of para-hydroxylation sites is 1. The number of aliphatic hydroxyl groups is 1. The highest BCUT2D eigenvalue weighted by molar-refractivity contribution is 5.99. The summed E-state index contributed by atoms with van der Waals surface area (Å²) in [6.07, 6.45) is 0. The molecule has 2 heterocycles. The molecule has 2 aliphatic heterocycles. The van der Waals surface area contributed by atoms with Crippen molar-refractivity contribution < 1.29 is 19.4 Å². The van der Waals surface area contributed by atoms with Gasteiger partial charge in [0.05, 0.1) is 32.0 Å². The van der Waals surface area contributed by atoms with Gasteiger partial charge in [-0.1, -0.05) is 12.1 Å². The second-order valence-electron chi connectivity index (χ2n) is 5.99. The van der Waals surface area contributed by atoms with Gasteiger partial charge in [0.2, 0.25) is 0 Å². The Labute approximate surface area is 136 Å². The Kier molecular flexibility index (Phi) is 5.48. The number of hydrogen-bond acceptors (Lipinski definition) is 5. The van der Waals surface area contributed by atoms with Crippen molar-refractivity contribution in [2.75, 3.05) is 64.1 Å². The lowest BCUT2D eigenvalue weighted by molar-refractivity contribution is 0.0727. The molecule has 1 N–H and O–H groups in total. The molecule has 0 bridgehead atoms. The second-order valence-corrected chi connectivity index (χ2v) is 5.99. The number of carbonyl (C=O) groups is 1. The van der Waals surface area contributed by atoms with Crippen LogP contribution in [0.2, 0.25) is 0 Å². The average Bonchev–Trinajstić information content (AvgIpc) is 2.87. The van der Waals surface area contributed by atoms with E-state index in [-0.39, 0.29) is 18.4 Å². The van der Waals surface area contributed by atoms with Crippen molar-refractivity contribution in [2.45, 2.75) is 0 Å². The van der Waals surface area contributed by atoms with Crippen molar-refractivity contribution in [1.29, 1.82) is 0 Å². The molecule has 1 atom stereocenters. The average molecular weight is 320 g/mol. The predicted octanol–water partition coefficient (Wildman–Crippen LogP) is 0.604. The lowest BCUT2D eigenvalue weighted by Crippen LogP contribution is -2.40. The van der Waals surface area contributed by atoms with Gasteiger partial charge >= 0.3 is 0 Å². The van der Waals surface area contributed by atoms with Crippen molar-refractivity contribution >= 4 is 11.6 Å². The highest BCUT2D eigenvalue weighted by atomic mass is 16.5. The Balaban J connectivity index is 1.81. The second kappa shape index (κ2) is 7.77. The molecule has 0 radical (unpaired) electrons. The first-order valence-electron chi connectivity index (χ1n) is 8.19. The summed E-state index contributed by atoms with van der Waals surface area (Å²) >= 11 is 0. The molecule has 0 aliphatic carbocycles. The van der Waals surface area contributed by atoms with Crippen LogP contribution >= 0.6 is 0 Å². The smallest absolute Gasteiger partial charge is 0.256 e. The molecule has 2 saturated heterocycles. The zero-order chi connectivity index (χ0) is 16.1. The van der Waals surface area contributed by atoms with Crippen LogP contribution in [0.3, 0.4) is 0 Å². The van der Waals surface area contributed by atoms with E-state index in [9.17, 15) is 9.90 Å². The van der Waals surface area contributed by atoms with Crippen LogP contribution in [-0.2, 0) is 9.47 Å². The van der Waals surface area contributed by atoms with E-state index in [4.69, 9.17) is 9.47 Å². The zero-order valence-electron chi connectivity index (χ0n) is 13.3. The maximum atomic E-state index is 13.0. The summed E-state index contributed by atoms with van der Waals surface area (Å²) in [4.78, 5) is 17.0. The monoisotopic (exact) mass is 320 g/mol. The number of benzene rings is 1. The molecule has 126 valence electrons. The number of rotatable bonds is 3. The molecule has 2 aliphatic rings. The van der Waals surface area contributed by atoms with Crippen molar-refractivity contribution in [1.82, 2.24) is 4.90 Å². The van der Waals surface area contributed by atoms with E-state index in [1.807, 2.05) is 24.3 Å². The number of aliphatic hydroxyl groups excluding tert-OH is 1. The summed E-state index contributed by atoms with van der Waals surface area (Å²) in [5, 5.41) is 9.40. The van der Waals surface area contributed by atoms with E-state index in [1.54, 1.807) is 4.90 Å². The molecule has 1 unspecified atom stereocenters. The first-order valence-corrected chi connectivity index (χ1v) is 8.19. The third-order valence-corrected chi connectivity index (χ3v) is 4.37. The van der Waals surface area contributed by atoms with Gasteiger partial charge < -0.3 is 24.4 Å². The number of hydrogen-bond donors (Lipinski definition) is 1. The van der Waals surface area contributed by atoms with Crippen LogP contribution in [0.1, 0.15) is 10.4 Å². The van der Waals surface area contributed by atoms with Gasteiger partial charge in [-0.2, -0.15) is 0 Å². The van der Waals surface area contributed by atoms with Crippen LogP contribution in [0, 0.1) is 5.92 Å². The molecule has 1 aromatic rings. The topological polar surface area (TPSA) is 62.2 Å². The molecule has 0 aromatic heterocycles. The van der Waals surface area contributed by atoms with Gasteiger partial charge in [0.25, 0.3) is 5.91 Å². The number of nitrogens with zero attached hydrogens (tertiary/aromatic N) is 2. The Morgan fingerprint density at radius 1 is 1.13 bits per heavy atom. The minimum Gasteiger partial charge on any atom is -0.396 e. The maximum Gasteiger partial charge on any atom is 0.256 e. The molecule has 0 spiro atoms. The molecule has 2 fully saturated rings. The van der Waals surface area contributed by atoms with Crippen molar-refractivity contribution in [3.8, 4) is 0 Å². The molecule has 6 heteroatoms. The van der Waals surface area contributed by atoms with Gasteiger partial charge in [0, 0.05) is 44.4 Å². The van der Waals surface area contributed by atoms with Crippen LogP contribution in [0.4, 0.5) is 5.69 Å². The quantitative estimate of drug-likeness (QED) is 0.884. The Morgan fingerprint density at radius 3 is 2.65 bits per heavy atom. The third-order valence-electron chi connectivity index (χ3n) is 4.37. The Bertz CT molecular complexity index is 531. The standard InChI is InChI=1S/C17H24N2O4/c20-12-14-11-19(7-10-23-13-14)17(21)15-3-1-2-4-16(15)18-5-8-22-9-6-18/h1-4,14,20H,5-13H2. The van der Waals surface area contributed by atoms with E-state index in [0.29, 0.717) is 45.1 Å². The maximum absolute atomic E-state index is 13.0. The minimum atomic E-state index is -0.0167. The van der Waals surface area contributed by atoms with Crippen LogP contribution in [0.5, 0.6) is 0 Å². The van der Waals surface area contributed by atoms with Crippen LogP contribution in [-0.4, -0.2) is 75.1 Å². The first-order chi connectivity index (χ1) is 11.3. The summed E-state index contributed by atoms with van der Waals surface area (Å²) in [5.74, 6) is -0.00644. The summed E-state index contributed by atoms with van der Waals surface area (Å²) in [6.45, 7) is 5.13. The van der Waals surface area contributed by atoms with Gasteiger partial charge in [0.15, 0.2) is 0 Å². The summed E-state index contributed by atoms with van der Waals surface area (Å²) in [7, 11) is 0. The molecule has 1 aromatic carbocycles. The lowest BCUT2D eigenvalue weighted by atomic mass is 10.1. The summed E-state index contributed by atoms with van der Waals surface area (Å²) < 4.78 is 10.9. The fraction of sp³-hybridized carbons (Fsp3) is 0.588. The van der Waals surface area contributed by atoms with Crippen LogP contribution in [0.15, 0.2) is 24.3 Å². The first kappa shape index (κ1) is 16.2. The molecule has 3 rings (SSSR count). The van der Waals surface area contributed by atoms with Gasteiger partial charge in [0.1, 0.15) is 0 Å². The Morgan fingerprint density at radius 2 is 1.87 bits per heavy atom. The molecule has 1 amide bonds. The number of carbonyl (C=O) groups excluding carboxylic acids is 1. The lowest BCUT2D eigenvalue weighted by Gasteiger charge is -2.31. The number of amides is 1. The highest BCUT2D eigenvalue weighted by Gasteiger charge is 2.26. The van der Waals surface area contributed by atoms with Crippen molar-refractivity contribution in [2.24, 2.45) is 5.92 Å². The number of anilines is 1. The molecule has 0 saturated carbocycles. The SMILES string of the molecule is O=C(c1ccccc1N1CCOCC1)N1CCOCC(CO)C1. The van der Waals surface area contributed by atoms with Crippen LogP contribution < -0.4 is 4.90 Å². The molecule has 6 nitrogen and oxygen atoms in total. The fourth-order valence-corrected chi connectivity index (χ4v) is 3.08. The van der Waals surface area contributed by atoms with E-state index >= 15 is 0 Å². The van der Waals surface area contributed by atoms with E-state index in [0.717, 1.165) is 18.8 Å². The van der Waals surface area contributed by atoms with E-state index in [2.05, 4.69) is 4.90 Å². The molecular weight excluding hydrogens is 296 g/mol. The van der Waals surface area contributed by atoms with Crippen molar-refractivity contribution in [3.63, 3.8) is 0 Å². The normalized spacial score (nSPS) is 22.7. The summed E-state index contributed by atoms with van der Waals surface area (Å²) in [6, 6.07) is 7.74. The largest absolute Gasteiger partial charge is 0.396 e. The summed E-state index contributed by atoms with van der Waals surface area (Å²) in [5.41, 5.74) is 1.68. The fourth-order valence-electron chi connectivity index (χ4n) is 3.08. The zero-order valence-corrected chi connectivity index (χ0v) is 13.3. The highest BCUT2D eigenvalue weighted by Crippen LogP contribution is 2.23. The van der Waals surface area contributed by atoms with E-state index < -0.39 is 0 Å². The van der Waals surface area contributed by atoms with Gasteiger partial charge in [-0.05, 0) is 12.1 Å². The Hall–Kier alpha value is -1.63. The number of morpholine rings is 1. The third kappa shape index (κ3) is 3.83. The number of ether oxygens (including phenoxy) is 2.